The number of Topliss-reactive ketones (excluding diaryl/α,β-unsaturated/α-hetero) is 1. The molecule has 0 bridgehead atoms. The Hall–Kier alpha value is -1.72. The van der Waals surface area contributed by atoms with E-state index in [1.54, 1.807) is 6.07 Å². The van der Waals surface area contributed by atoms with Crippen LogP contribution in [-0.2, 0) is 6.42 Å². The minimum absolute atomic E-state index is 0.0469. The number of ketones is 1. The van der Waals surface area contributed by atoms with E-state index in [1.165, 1.54) is 0 Å². The summed E-state index contributed by atoms with van der Waals surface area (Å²) in [7, 11) is 0. The second-order valence-electron chi connectivity index (χ2n) is 6.87. The Labute approximate surface area is 143 Å². The Kier molecular flexibility index (Phi) is 5.31. The third-order valence-corrected chi connectivity index (χ3v) is 5.14. The number of carbonyl (C=O) groups excluding carboxylic acids is 2. The third-order valence-electron chi connectivity index (χ3n) is 5.14. The van der Waals surface area contributed by atoms with Gasteiger partial charge in [-0.05, 0) is 43.9 Å². The van der Waals surface area contributed by atoms with E-state index in [9.17, 15) is 9.59 Å². The normalized spacial score (nSPS) is 22.2. The van der Waals surface area contributed by atoms with Gasteiger partial charge in [0.05, 0.1) is 6.61 Å². The summed E-state index contributed by atoms with van der Waals surface area (Å²) in [5, 5.41) is 9.07. The van der Waals surface area contributed by atoms with Gasteiger partial charge in [-0.2, -0.15) is 0 Å². The van der Waals surface area contributed by atoms with E-state index in [0.29, 0.717) is 25.1 Å². The van der Waals surface area contributed by atoms with Gasteiger partial charge in [-0.15, -0.1) is 0 Å². The van der Waals surface area contributed by atoms with Crippen LogP contribution in [0.15, 0.2) is 18.2 Å². The zero-order valence-electron chi connectivity index (χ0n) is 14.3. The lowest BCUT2D eigenvalue weighted by molar-refractivity contribution is 0.0457. The highest BCUT2D eigenvalue weighted by molar-refractivity contribution is 6.00. The number of rotatable bonds is 3. The fraction of sp³-hybridized carbons (Fsp3) is 0.579. The van der Waals surface area contributed by atoms with Crippen LogP contribution in [0.3, 0.4) is 0 Å². The maximum Gasteiger partial charge on any atom is 0.254 e. The summed E-state index contributed by atoms with van der Waals surface area (Å²) in [6.45, 7) is 5.12. The third kappa shape index (κ3) is 3.52. The van der Waals surface area contributed by atoms with E-state index in [0.717, 1.165) is 43.5 Å². The Balaban J connectivity index is 1.76. The maximum atomic E-state index is 12.9. The molecule has 1 aromatic carbocycles. The Morgan fingerprint density at radius 1 is 1.25 bits per heavy atom. The number of aliphatic hydroxyl groups is 1. The number of carbonyl (C=O) groups is 2. The molecule has 130 valence electrons. The number of hydrogen-bond acceptors (Lipinski definition) is 4. The van der Waals surface area contributed by atoms with Gasteiger partial charge in [0.1, 0.15) is 0 Å². The minimum Gasteiger partial charge on any atom is -0.395 e. The Bertz CT molecular complexity index is 629. The lowest BCUT2D eigenvalue weighted by Gasteiger charge is -2.39. The van der Waals surface area contributed by atoms with Gasteiger partial charge in [-0.1, -0.05) is 6.07 Å². The van der Waals surface area contributed by atoms with Crippen LogP contribution >= 0.6 is 0 Å². The van der Waals surface area contributed by atoms with Crippen LogP contribution in [0.1, 0.15) is 52.5 Å². The standard InChI is InChI=1S/C19H26N2O3/c1-14-13-20(10-11-22)8-9-21(14)19(24)16-6-7-17-15(12-16)4-2-3-5-18(17)23/h6-7,12,14,22H,2-5,8-11,13H2,1H3. The fourth-order valence-corrected chi connectivity index (χ4v) is 3.79. The first kappa shape index (κ1) is 17.1. The van der Waals surface area contributed by atoms with Crippen molar-refractivity contribution in [3.8, 4) is 0 Å². The van der Waals surface area contributed by atoms with Crippen molar-refractivity contribution in [2.45, 2.75) is 38.6 Å². The number of hydrogen-bond donors (Lipinski definition) is 1. The molecule has 1 N–H and O–H groups in total. The van der Waals surface area contributed by atoms with Crippen LogP contribution in [0.4, 0.5) is 0 Å². The molecule has 1 amide bonds. The molecular weight excluding hydrogens is 304 g/mol. The molecule has 0 saturated carbocycles. The molecule has 24 heavy (non-hydrogen) atoms. The summed E-state index contributed by atoms with van der Waals surface area (Å²) < 4.78 is 0. The molecule has 5 nitrogen and oxygen atoms in total. The van der Waals surface area contributed by atoms with Crippen LogP contribution in [0.5, 0.6) is 0 Å². The van der Waals surface area contributed by atoms with Gasteiger partial charge in [0.15, 0.2) is 5.78 Å². The average molecular weight is 330 g/mol. The van der Waals surface area contributed by atoms with Crippen LogP contribution in [-0.4, -0.2) is 65.4 Å². The van der Waals surface area contributed by atoms with Crippen molar-refractivity contribution in [1.82, 2.24) is 9.80 Å². The fourth-order valence-electron chi connectivity index (χ4n) is 3.79. The second-order valence-corrected chi connectivity index (χ2v) is 6.87. The Morgan fingerprint density at radius 2 is 2.04 bits per heavy atom. The summed E-state index contributed by atoms with van der Waals surface area (Å²) in [5.41, 5.74) is 2.51. The van der Waals surface area contributed by atoms with Gasteiger partial charge < -0.3 is 10.0 Å². The van der Waals surface area contributed by atoms with Crippen molar-refractivity contribution in [2.75, 3.05) is 32.8 Å². The van der Waals surface area contributed by atoms with E-state index >= 15 is 0 Å². The van der Waals surface area contributed by atoms with E-state index in [1.807, 2.05) is 17.0 Å². The lowest BCUT2D eigenvalue weighted by atomic mass is 9.98. The van der Waals surface area contributed by atoms with Gasteiger partial charge in [0, 0.05) is 49.8 Å². The molecule has 5 heteroatoms. The molecule has 3 rings (SSSR count). The highest BCUT2D eigenvalue weighted by Gasteiger charge is 2.28. The highest BCUT2D eigenvalue weighted by atomic mass is 16.3. The van der Waals surface area contributed by atoms with E-state index in [-0.39, 0.29) is 24.3 Å². The smallest absolute Gasteiger partial charge is 0.254 e. The quantitative estimate of drug-likeness (QED) is 0.858. The van der Waals surface area contributed by atoms with Gasteiger partial charge in [-0.3, -0.25) is 14.5 Å². The average Bonchev–Trinajstić information content (AvgIpc) is 2.76. The summed E-state index contributed by atoms with van der Waals surface area (Å²) >= 11 is 0. The number of aryl methyl sites for hydroxylation is 1. The largest absolute Gasteiger partial charge is 0.395 e. The van der Waals surface area contributed by atoms with Crippen molar-refractivity contribution >= 4 is 11.7 Å². The van der Waals surface area contributed by atoms with Crippen LogP contribution in [0, 0.1) is 0 Å². The monoisotopic (exact) mass is 330 g/mol. The Morgan fingerprint density at radius 3 is 2.79 bits per heavy atom. The van der Waals surface area contributed by atoms with Crippen molar-refractivity contribution in [3.05, 3.63) is 34.9 Å². The summed E-state index contributed by atoms with van der Waals surface area (Å²) in [4.78, 5) is 29.1. The number of fused-ring (bicyclic) bond motifs is 1. The number of β-amino-alcohol motifs (C(OH)–C–C–N with tert-alkyl or cyclic N) is 1. The zero-order chi connectivity index (χ0) is 17.1. The maximum absolute atomic E-state index is 12.9. The van der Waals surface area contributed by atoms with Crippen molar-refractivity contribution < 1.29 is 14.7 Å². The molecule has 1 fully saturated rings. The predicted octanol–water partition coefficient (Wildman–Crippen LogP) is 1.73. The molecule has 1 aliphatic heterocycles. The van der Waals surface area contributed by atoms with Gasteiger partial charge >= 0.3 is 0 Å². The minimum atomic E-state index is 0.0469. The molecule has 0 radical (unpaired) electrons. The SMILES string of the molecule is CC1CN(CCO)CCN1C(=O)c1ccc2c(c1)CCCCC2=O. The molecule has 1 aromatic rings. The molecule has 1 atom stereocenters. The predicted molar refractivity (Wildman–Crippen MR) is 92.4 cm³/mol. The van der Waals surface area contributed by atoms with Crippen LogP contribution < -0.4 is 0 Å². The van der Waals surface area contributed by atoms with E-state index < -0.39 is 0 Å². The number of aliphatic hydroxyl groups excluding tert-OH is 1. The number of piperazine rings is 1. The number of benzene rings is 1. The first-order chi connectivity index (χ1) is 11.6. The first-order valence-corrected chi connectivity index (χ1v) is 8.90. The molecule has 1 heterocycles. The molecule has 1 aliphatic carbocycles. The number of nitrogens with zero attached hydrogens (tertiary/aromatic N) is 2. The molecule has 2 aliphatic rings. The van der Waals surface area contributed by atoms with Crippen molar-refractivity contribution in [1.29, 1.82) is 0 Å². The second kappa shape index (κ2) is 7.45. The lowest BCUT2D eigenvalue weighted by Crippen LogP contribution is -2.54. The van der Waals surface area contributed by atoms with Crippen LogP contribution in [0.25, 0.3) is 0 Å². The summed E-state index contributed by atoms with van der Waals surface area (Å²) in [6, 6.07) is 5.69. The van der Waals surface area contributed by atoms with Crippen molar-refractivity contribution in [3.63, 3.8) is 0 Å². The molecule has 1 saturated heterocycles. The van der Waals surface area contributed by atoms with Gasteiger partial charge in [0.25, 0.3) is 5.91 Å². The molecule has 1 unspecified atom stereocenters. The molecule has 0 spiro atoms. The van der Waals surface area contributed by atoms with Gasteiger partial charge in [0.2, 0.25) is 0 Å². The van der Waals surface area contributed by atoms with E-state index in [4.69, 9.17) is 5.11 Å². The highest BCUT2D eigenvalue weighted by Crippen LogP contribution is 2.23. The van der Waals surface area contributed by atoms with Gasteiger partial charge in [-0.25, -0.2) is 0 Å². The van der Waals surface area contributed by atoms with E-state index in [2.05, 4.69) is 11.8 Å². The van der Waals surface area contributed by atoms with Crippen molar-refractivity contribution in [2.24, 2.45) is 0 Å². The topological polar surface area (TPSA) is 60.9 Å². The summed E-state index contributed by atoms with van der Waals surface area (Å²) in [6.07, 6.45) is 3.43. The van der Waals surface area contributed by atoms with Crippen LogP contribution in [0.2, 0.25) is 0 Å². The molecular formula is C19H26N2O3. The first-order valence-electron chi connectivity index (χ1n) is 8.90. The zero-order valence-corrected chi connectivity index (χ0v) is 14.3. The number of amides is 1. The molecule has 0 aromatic heterocycles. The summed E-state index contributed by atoms with van der Waals surface area (Å²) in [5.74, 6) is 0.248.